The SMILES string of the molecule is O=C(c1ccc(Cl)cc1)N(CCO)CCCN1C(=O)c2cccc3cccc(c23)C1=O. The summed E-state index contributed by atoms with van der Waals surface area (Å²) in [7, 11) is 0. The van der Waals surface area contributed by atoms with E-state index in [0.717, 1.165) is 5.39 Å². The van der Waals surface area contributed by atoms with Gasteiger partial charge >= 0.3 is 0 Å². The largest absolute Gasteiger partial charge is 0.395 e. The number of carbonyl (C=O) groups is 3. The highest BCUT2D eigenvalue weighted by Gasteiger charge is 2.32. The van der Waals surface area contributed by atoms with Gasteiger partial charge in [0.05, 0.1) is 6.61 Å². The van der Waals surface area contributed by atoms with Crippen molar-refractivity contribution >= 4 is 40.1 Å². The van der Waals surface area contributed by atoms with Gasteiger partial charge in [0, 0.05) is 46.7 Å². The van der Waals surface area contributed by atoms with Crippen LogP contribution in [0.2, 0.25) is 5.02 Å². The Labute approximate surface area is 184 Å². The van der Waals surface area contributed by atoms with Crippen LogP contribution in [0.15, 0.2) is 60.7 Å². The molecule has 3 aromatic rings. The van der Waals surface area contributed by atoms with E-state index in [1.165, 1.54) is 9.80 Å². The van der Waals surface area contributed by atoms with Gasteiger partial charge < -0.3 is 10.0 Å². The number of hydrogen-bond acceptors (Lipinski definition) is 4. The monoisotopic (exact) mass is 436 g/mol. The number of amides is 3. The molecule has 0 aromatic heterocycles. The van der Waals surface area contributed by atoms with Crippen LogP contribution in [0.3, 0.4) is 0 Å². The van der Waals surface area contributed by atoms with E-state index in [0.29, 0.717) is 40.1 Å². The lowest BCUT2D eigenvalue weighted by atomic mass is 9.94. The molecule has 1 heterocycles. The Bertz CT molecular complexity index is 1110. The molecular weight excluding hydrogens is 416 g/mol. The molecule has 31 heavy (non-hydrogen) atoms. The van der Waals surface area contributed by atoms with E-state index in [1.54, 1.807) is 48.5 Å². The molecule has 0 radical (unpaired) electrons. The molecule has 1 N–H and O–H groups in total. The molecule has 7 heteroatoms. The number of hydrogen-bond donors (Lipinski definition) is 1. The van der Waals surface area contributed by atoms with Gasteiger partial charge in [0.2, 0.25) is 0 Å². The van der Waals surface area contributed by atoms with Crippen LogP contribution in [0.1, 0.15) is 37.5 Å². The molecule has 0 saturated carbocycles. The first-order valence-corrected chi connectivity index (χ1v) is 10.4. The first-order valence-electron chi connectivity index (χ1n) is 10.0. The third-order valence-electron chi connectivity index (χ3n) is 5.41. The topological polar surface area (TPSA) is 77.9 Å². The van der Waals surface area contributed by atoms with Crippen molar-refractivity contribution in [2.75, 3.05) is 26.2 Å². The zero-order valence-electron chi connectivity index (χ0n) is 16.8. The van der Waals surface area contributed by atoms with E-state index < -0.39 is 0 Å². The van der Waals surface area contributed by atoms with Crippen molar-refractivity contribution in [3.63, 3.8) is 0 Å². The molecule has 4 rings (SSSR count). The Kier molecular flexibility index (Phi) is 6.02. The van der Waals surface area contributed by atoms with Gasteiger partial charge in [0.1, 0.15) is 0 Å². The number of rotatable bonds is 7. The first kappa shape index (κ1) is 21.0. The zero-order chi connectivity index (χ0) is 22.0. The van der Waals surface area contributed by atoms with Crippen molar-refractivity contribution < 1.29 is 19.5 Å². The minimum atomic E-state index is -0.327. The van der Waals surface area contributed by atoms with Crippen LogP contribution in [0, 0.1) is 0 Å². The smallest absolute Gasteiger partial charge is 0.261 e. The number of aliphatic hydroxyl groups excluding tert-OH is 1. The maximum absolute atomic E-state index is 13.0. The van der Waals surface area contributed by atoms with Crippen LogP contribution in [0.4, 0.5) is 0 Å². The average molecular weight is 437 g/mol. The van der Waals surface area contributed by atoms with Crippen LogP contribution in [-0.2, 0) is 0 Å². The molecule has 0 bridgehead atoms. The van der Waals surface area contributed by atoms with Crippen molar-refractivity contribution in [2.24, 2.45) is 0 Å². The summed E-state index contributed by atoms with van der Waals surface area (Å²) in [5.41, 5.74) is 1.48. The molecule has 0 unspecified atom stereocenters. The predicted molar refractivity (Wildman–Crippen MR) is 118 cm³/mol. The molecule has 0 spiro atoms. The van der Waals surface area contributed by atoms with Crippen LogP contribution in [0.5, 0.6) is 0 Å². The maximum Gasteiger partial charge on any atom is 0.261 e. The molecule has 3 aromatic carbocycles. The van der Waals surface area contributed by atoms with Crippen molar-refractivity contribution in [1.82, 2.24) is 9.80 Å². The second-order valence-electron chi connectivity index (χ2n) is 7.35. The van der Waals surface area contributed by atoms with Gasteiger partial charge in [-0.25, -0.2) is 0 Å². The van der Waals surface area contributed by atoms with E-state index in [1.807, 2.05) is 12.1 Å². The Morgan fingerprint density at radius 1 is 0.903 bits per heavy atom. The first-order chi connectivity index (χ1) is 15.0. The highest BCUT2D eigenvalue weighted by Crippen LogP contribution is 2.30. The van der Waals surface area contributed by atoms with Gasteiger partial charge in [0.25, 0.3) is 17.7 Å². The third kappa shape index (κ3) is 4.04. The van der Waals surface area contributed by atoms with Crippen LogP contribution in [-0.4, -0.2) is 58.9 Å². The molecule has 1 aliphatic rings. The normalized spacial score (nSPS) is 13.0. The van der Waals surface area contributed by atoms with Gasteiger partial charge in [-0.1, -0.05) is 35.9 Å². The maximum atomic E-state index is 13.0. The predicted octanol–water partition coefficient (Wildman–Crippen LogP) is 3.61. The Morgan fingerprint density at radius 2 is 1.52 bits per heavy atom. The summed E-state index contributed by atoms with van der Waals surface area (Å²) in [6, 6.07) is 17.4. The molecular formula is C24H21ClN2O4. The summed E-state index contributed by atoms with van der Waals surface area (Å²) in [5, 5.41) is 11.5. The van der Waals surface area contributed by atoms with E-state index >= 15 is 0 Å². The Morgan fingerprint density at radius 3 is 2.10 bits per heavy atom. The van der Waals surface area contributed by atoms with Gasteiger partial charge in [-0.15, -0.1) is 0 Å². The lowest BCUT2D eigenvalue weighted by Crippen LogP contribution is -2.42. The Hall–Kier alpha value is -3.22. The summed E-state index contributed by atoms with van der Waals surface area (Å²) in [6.45, 7) is 0.449. The van der Waals surface area contributed by atoms with Crippen molar-refractivity contribution in [3.05, 3.63) is 82.4 Å². The molecule has 1 aliphatic heterocycles. The quantitative estimate of drug-likeness (QED) is 0.574. The summed E-state index contributed by atoms with van der Waals surface area (Å²) in [5.74, 6) is -0.892. The second-order valence-corrected chi connectivity index (χ2v) is 7.78. The summed E-state index contributed by atoms with van der Waals surface area (Å²) < 4.78 is 0. The van der Waals surface area contributed by atoms with Crippen molar-refractivity contribution in [1.29, 1.82) is 0 Å². The van der Waals surface area contributed by atoms with Crippen molar-refractivity contribution in [2.45, 2.75) is 6.42 Å². The third-order valence-corrected chi connectivity index (χ3v) is 5.67. The fourth-order valence-corrected chi connectivity index (χ4v) is 4.04. The molecule has 158 valence electrons. The molecule has 0 saturated heterocycles. The van der Waals surface area contributed by atoms with Gasteiger partial charge in [-0.05, 0) is 48.2 Å². The van der Waals surface area contributed by atoms with Gasteiger partial charge in [-0.2, -0.15) is 0 Å². The zero-order valence-corrected chi connectivity index (χ0v) is 17.5. The van der Waals surface area contributed by atoms with E-state index in [4.69, 9.17) is 11.6 Å². The van der Waals surface area contributed by atoms with E-state index in [-0.39, 0.29) is 37.4 Å². The second kappa shape index (κ2) is 8.88. The number of imide groups is 1. The van der Waals surface area contributed by atoms with E-state index in [9.17, 15) is 19.5 Å². The Balaban J connectivity index is 1.48. The summed E-state index contributed by atoms with van der Waals surface area (Å²) >= 11 is 5.88. The number of carbonyl (C=O) groups excluding carboxylic acids is 3. The molecule has 0 aliphatic carbocycles. The molecule has 3 amide bonds. The number of aliphatic hydroxyl groups is 1. The number of nitrogens with zero attached hydrogens (tertiary/aromatic N) is 2. The van der Waals surface area contributed by atoms with E-state index in [2.05, 4.69) is 0 Å². The van der Waals surface area contributed by atoms with Crippen LogP contribution < -0.4 is 0 Å². The summed E-state index contributed by atoms with van der Waals surface area (Å²) in [4.78, 5) is 41.5. The standard InChI is InChI=1S/C24H21ClN2O4/c25-18-10-8-17(9-11-18)22(29)26(14-15-28)12-3-13-27-23(30)19-6-1-4-16-5-2-7-20(21(16)19)24(27)31/h1-2,4-11,28H,3,12-15H2. The molecule has 0 atom stereocenters. The average Bonchev–Trinajstić information content (AvgIpc) is 2.79. The highest BCUT2D eigenvalue weighted by molar-refractivity contribution is 6.30. The lowest BCUT2D eigenvalue weighted by Gasteiger charge is -2.28. The summed E-state index contributed by atoms with van der Waals surface area (Å²) in [6.07, 6.45) is 0.398. The fraction of sp³-hybridized carbons (Fsp3) is 0.208. The van der Waals surface area contributed by atoms with Crippen LogP contribution in [0.25, 0.3) is 10.8 Å². The number of benzene rings is 3. The van der Waals surface area contributed by atoms with Crippen molar-refractivity contribution in [3.8, 4) is 0 Å². The lowest BCUT2D eigenvalue weighted by molar-refractivity contribution is 0.0596. The molecule has 6 nitrogen and oxygen atoms in total. The fourth-order valence-electron chi connectivity index (χ4n) is 3.91. The minimum absolute atomic E-state index is 0.158. The molecule has 0 fully saturated rings. The highest BCUT2D eigenvalue weighted by atomic mass is 35.5. The minimum Gasteiger partial charge on any atom is -0.395 e. The van der Waals surface area contributed by atoms with Gasteiger partial charge in [0.15, 0.2) is 0 Å². The number of halogens is 1. The van der Waals surface area contributed by atoms with Gasteiger partial charge in [-0.3, -0.25) is 19.3 Å². The van der Waals surface area contributed by atoms with Crippen LogP contribution >= 0.6 is 11.6 Å².